The number of anilines is 4. The molecule has 0 aliphatic carbocycles. The third-order valence-corrected chi connectivity index (χ3v) is 7.89. The standard InChI is InChI=1S/C28H24N6O3S/c1-17-15-20(37-19-5-3-2-4-6-19)7-8-21(17)34-22-9-12-30-26-23(22)24(31-28(34)36)27(38-26)32-25(35)18-10-13-33(16-29)14-11-18/h2-9,12,15,18H,10-11,13-14H2,1H3,(H,31,36)(H,32,35). The Morgan fingerprint density at radius 3 is 2.66 bits per heavy atom. The number of benzene rings is 2. The number of hydrogen-bond acceptors (Lipinski definition) is 7. The number of urea groups is 1. The van der Waals surface area contributed by atoms with E-state index in [-0.39, 0.29) is 17.9 Å². The molecule has 0 saturated carbocycles. The van der Waals surface area contributed by atoms with Crippen LogP contribution in [-0.4, -0.2) is 34.9 Å². The normalized spacial score (nSPS) is 15.2. The van der Waals surface area contributed by atoms with Gasteiger partial charge in [-0.15, -0.1) is 0 Å². The topological polar surface area (TPSA) is 111 Å². The Morgan fingerprint density at radius 1 is 1.13 bits per heavy atom. The highest BCUT2D eigenvalue weighted by Crippen LogP contribution is 2.49. The van der Waals surface area contributed by atoms with Crippen LogP contribution in [0.5, 0.6) is 11.5 Å². The van der Waals surface area contributed by atoms with Crippen LogP contribution in [-0.2, 0) is 4.79 Å². The average Bonchev–Trinajstić information content (AvgIpc) is 3.28. The first-order chi connectivity index (χ1) is 18.5. The fraction of sp³-hybridized carbons (Fsp3) is 0.214. The number of aryl methyl sites for hydroxylation is 1. The van der Waals surface area contributed by atoms with Crippen molar-refractivity contribution in [2.24, 2.45) is 5.92 Å². The van der Waals surface area contributed by atoms with Gasteiger partial charge >= 0.3 is 6.03 Å². The first kappa shape index (κ1) is 23.8. The predicted molar refractivity (Wildman–Crippen MR) is 147 cm³/mol. The Kier molecular flexibility index (Phi) is 6.05. The maximum atomic E-state index is 13.5. The number of nitrogens with one attached hydrogen (secondary N) is 2. The number of nitriles is 1. The Bertz CT molecular complexity index is 1590. The minimum atomic E-state index is -0.318. The molecule has 1 fully saturated rings. The molecule has 0 atom stereocenters. The Hall–Kier alpha value is -4.62. The van der Waals surface area contributed by atoms with Crippen LogP contribution in [0.4, 0.5) is 26.9 Å². The molecule has 6 rings (SSSR count). The lowest BCUT2D eigenvalue weighted by Crippen LogP contribution is -2.36. The minimum absolute atomic E-state index is 0.103. The molecule has 9 nitrogen and oxygen atoms in total. The van der Waals surface area contributed by atoms with Gasteiger partial charge in [-0.05, 0) is 61.7 Å². The smallest absolute Gasteiger partial charge is 0.331 e. The van der Waals surface area contributed by atoms with Crippen LogP contribution < -0.4 is 20.3 Å². The number of aromatic nitrogens is 1. The highest BCUT2D eigenvalue weighted by atomic mass is 32.1. The first-order valence-corrected chi connectivity index (χ1v) is 13.1. The van der Waals surface area contributed by atoms with E-state index in [0.29, 0.717) is 48.1 Å². The van der Waals surface area contributed by atoms with Crippen LogP contribution in [0.1, 0.15) is 18.4 Å². The van der Waals surface area contributed by atoms with Crippen molar-refractivity contribution in [2.75, 3.05) is 28.6 Å². The summed E-state index contributed by atoms with van der Waals surface area (Å²) >= 11 is 1.34. The molecule has 1 saturated heterocycles. The van der Waals surface area contributed by atoms with Crippen molar-refractivity contribution in [1.82, 2.24) is 9.88 Å². The van der Waals surface area contributed by atoms with E-state index in [9.17, 15) is 9.59 Å². The van der Waals surface area contributed by atoms with Gasteiger partial charge in [0, 0.05) is 25.2 Å². The third kappa shape index (κ3) is 4.27. The number of pyridine rings is 1. The molecule has 2 aromatic carbocycles. The number of carbonyl (C=O) groups is 2. The van der Waals surface area contributed by atoms with Crippen molar-refractivity contribution in [3.05, 3.63) is 66.4 Å². The summed E-state index contributed by atoms with van der Waals surface area (Å²) in [6.45, 7) is 3.07. The predicted octanol–water partition coefficient (Wildman–Crippen LogP) is 6.21. The summed E-state index contributed by atoms with van der Waals surface area (Å²) < 4.78 is 5.96. The second kappa shape index (κ2) is 9.68. The summed E-state index contributed by atoms with van der Waals surface area (Å²) in [5, 5.41) is 16.4. The van der Waals surface area contributed by atoms with Gasteiger partial charge in [0.15, 0.2) is 6.19 Å². The van der Waals surface area contributed by atoms with Crippen LogP contribution >= 0.6 is 11.3 Å². The summed E-state index contributed by atoms with van der Waals surface area (Å²) in [5.41, 5.74) is 2.86. The number of rotatable bonds is 5. The van der Waals surface area contributed by atoms with Gasteiger partial charge in [0.2, 0.25) is 5.91 Å². The highest BCUT2D eigenvalue weighted by molar-refractivity contribution is 7.23. The number of piperidine rings is 1. The number of carbonyl (C=O) groups excluding carboxylic acids is 2. The zero-order valence-corrected chi connectivity index (χ0v) is 21.4. The fourth-order valence-electron chi connectivity index (χ4n) is 4.93. The van der Waals surface area contributed by atoms with Gasteiger partial charge in [0.05, 0.1) is 22.4 Å². The number of amides is 3. The maximum Gasteiger partial charge on any atom is 0.331 e. The molecular weight excluding hydrogens is 500 g/mol. The summed E-state index contributed by atoms with van der Waals surface area (Å²) in [4.78, 5) is 35.0. The molecule has 0 radical (unpaired) electrons. The van der Waals surface area contributed by atoms with Crippen LogP contribution in [0.15, 0.2) is 60.8 Å². The quantitative estimate of drug-likeness (QED) is 0.300. The molecule has 190 valence electrons. The number of nitrogens with zero attached hydrogens (tertiary/aromatic N) is 4. The number of likely N-dealkylation sites (tertiary alicyclic amines) is 1. The number of thiophene rings is 1. The van der Waals surface area contributed by atoms with Crippen molar-refractivity contribution < 1.29 is 14.3 Å². The zero-order valence-electron chi connectivity index (χ0n) is 20.6. The second-order valence-corrected chi connectivity index (χ2v) is 10.3. The van der Waals surface area contributed by atoms with E-state index in [1.807, 2.05) is 61.5 Å². The van der Waals surface area contributed by atoms with E-state index in [2.05, 4.69) is 21.8 Å². The summed E-state index contributed by atoms with van der Waals surface area (Å²) in [5.74, 6) is 1.13. The highest BCUT2D eigenvalue weighted by Gasteiger charge is 2.33. The minimum Gasteiger partial charge on any atom is -0.457 e. The van der Waals surface area contributed by atoms with Gasteiger partial charge in [-0.25, -0.2) is 9.78 Å². The van der Waals surface area contributed by atoms with Crippen LogP contribution in [0, 0.1) is 24.3 Å². The molecule has 10 heteroatoms. The SMILES string of the molecule is Cc1cc(Oc2ccccc2)ccc1N1C(=O)Nc2c(NC(=O)C3CCN(C#N)CC3)sc3nccc1c23. The molecule has 38 heavy (non-hydrogen) atoms. The van der Waals surface area contributed by atoms with E-state index in [0.717, 1.165) is 27.2 Å². The van der Waals surface area contributed by atoms with Crippen LogP contribution in [0.3, 0.4) is 0 Å². The van der Waals surface area contributed by atoms with Gasteiger partial charge in [0.25, 0.3) is 0 Å². The van der Waals surface area contributed by atoms with Gasteiger partial charge < -0.3 is 20.3 Å². The van der Waals surface area contributed by atoms with Gasteiger partial charge in [0.1, 0.15) is 21.3 Å². The van der Waals surface area contributed by atoms with Crippen molar-refractivity contribution in [3.63, 3.8) is 0 Å². The summed E-state index contributed by atoms with van der Waals surface area (Å²) in [6.07, 6.45) is 5.05. The molecule has 0 bridgehead atoms. The second-order valence-electron chi connectivity index (χ2n) is 9.30. The molecule has 2 N–H and O–H groups in total. The van der Waals surface area contributed by atoms with Crippen molar-refractivity contribution in [2.45, 2.75) is 19.8 Å². The number of hydrogen-bond donors (Lipinski definition) is 2. The number of ether oxygens (including phenoxy) is 1. The molecule has 0 unspecified atom stereocenters. The van der Waals surface area contributed by atoms with E-state index >= 15 is 0 Å². The Labute approximate surface area is 223 Å². The van der Waals surface area contributed by atoms with E-state index < -0.39 is 0 Å². The maximum absolute atomic E-state index is 13.5. The van der Waals surface area contributed by atoms with Crippen molar-refractivity contribution in [1.29, 1.82) is 5.26 Å². The molecule has 2 aromatic heterocycles. The van der Waals surface area contributed by atoms with Gasteiger partial charge in [-0.1, -0.05) is 29.5 Å². The fourth-order valence-corrected chi connectivity index (χ4v) is 5.96. The van der Waals surface area contributed by atoms with E-state index in [4.69, 9.17) is 10.00 Å². The molecule has 3 amide bonds. The van der Waals surface area contributed by atoms with E-state index in [1.165, 1.54) is 11.3 Å². The number of para-hydroxylation sites is 1. The first-order valence-electron chi connectivity index (χ1n) is 12.3. The lowest BCUT2D eigenvalue weighted by atomic mass is 9.96. The lowest BCUT2D eigenvalue weighted by molar-refractivity contribution is -0.121. The Balaban J connectivity index is 1.29. The van der Waals surface area contributed by atoms with E-state index in [1.54, 1.807) is 16.0 Å². The summed E-state index contributed by atoms with van der Waals surface area (Å²) in [6, 6.07) is 16.6. The molecule has 2 aliphatic rings. The van der Waals surface area contributed by atoms with Gasteiger partial charge in [-0.3, -0.25) is 9.69 Å². The molecular formula is C28H24N6O3S. The molecule has 4 heterocycles. The molecule has 0 spiro atoms. The summed E-state index contributed by atoms with van der Waals surface area (Å²) in [7, 11) is 0. The van der Waals surface area contributed by atoms with Gasteiger partial charge in [-0.2, -0.15) is 5.26 Å². The lowest BCUT2D eigenvalue weighted by Gasteiger charge is -2.30. The van der Waals surface area contributed by atoms with Crippen LogP contribution in [0.25, 0.3) is 10.2 Å². The molecule has 2 aliphatic heterocycles. The average molecular weight is 525 g/mol. The third-order valence-electron chi connectivity index (χ3n) is 6.88. The monoisotopic (exact) mass is 524 g/mol. The largest absolute Gasteiger partial charge is 0.457 e. The van der Waals surface area contributed by atoms with Crippen molar-refractivity contribution >= 4 is 55.6 Å². The zero-order chi connectivity index (χ0) is 26.2. The molecule has 4 aromatic rings. The van der Waals surface area contributed by atoms with Crippen LogP contribution in [0.2, 0.25) is 0 Å². The Morgan fingerprint density at radius 2 is 1.92 bits per heavy atom. The van der Waals surface area contributed by atoms with Crippen molar-refractivity contribution in [3.8, 4) is 17.7 Å².